The van der Waals surface area contributed by atoms with Crippen LogP contribution in [0.5, 0.6) is 0 Å². The largest absolute Gasteiger partial charge is 0.340 e. The van der Waals surface area contributed by atoms with Gasteiger partial charge < -0.3 is 14.3 Å². The van der Waals surface area contributed by atoms with E-state index in [0.717, 1.165) is 32.7 Å². The van der Waals surface area contributed by atoms with Gasteiger partial charge in [0.2, 0.25) is 11.8 Å². The SMILES string of the molecule is CCN1CCN(C(=O)CCc2nc(CS(=O)(=O)c3ccccc3)no2)CC1. The smallest absolute Gasteiger partial charge is 0.227 e. The lowest BCUT2D eigenvalue weighted by Gasteiger charge is -2.34. The number of hydrogen-bond acceptors (Lipinski definition) is 7. The molecule has 0 bridgehead atoms. The van der Waals surface area contributed by atoms with Gasteiger partial charge in [-0.25, -0.2) is 8.42 Å². The average Bonchev–Trinajstić information content (AvgIpc) is 3.13. The lowest BCUT2D eigenvalue weighted by Crippen LogP contribution is -2.48. The van der Waals surface area contributed by atoms with Crippen molar-refractivity contribution >= 4 is 15.7 Å². The standard InChI is InChI=1S/C18H24N4O4S/c1-2-21-10-12-22(13-11-21)18(23)9-8-17-19-16(20-26-17)14-27(24,25)15-6-4-3-5-7-15/h3-7H,2,8-14H2,1H3. The molecule has 1 aliphatic heterocycles. The zero-order valence-corrected chi connectivity index (χ0v) is 16.2. The molecule has 0 aliphatic carbocycles. The van der Waals surface area contributed by atoms with Gasteiger partial charge in [-0.05, 0) is 18.7 Å². The Kier molecular flexibility index (Phi) is 6.22. The maximum Gasteiger partial charge on any atom is 0.227 e. The Hall–Kier alpha value is -2.26. The van der Waals surface area contributed by atoms with Crippen molar-refractivity contribution in [3.63, 3.8) is 0 Å². The van der Waals surface area contributed by atoms with E-state index in [1.54, 1.807) is 18.2 Å². The van der Waals surface area contributed by atoms with Crippen molar-refractivity contribution in [3.8, 4) is 0 Å². The Morgan fingerprint density at radius 3 is 2.52 bits per heavy atom. The van der Waals surface area contributed by atoms with Crippen molar-refractivity contribution in [2.75, 3.05) is 32.7 Å². The molecule has 1 amide bonds. The van der Waals surface area contributed by atoms with E-state index in [0.29, 0.717) is 6.42 Å². The number of carbonyl (C=O) groups is 1. The van der Waals surface area contributed by atoms with Crippen molar-refractivity contribution < 1.29 is 17.7 Å². The van der Waals surface area contributed by atoms with E-state index in [1.165, 1.54) is 12.1 Å². The number of nitrogens with zero attached hydrogens (tertiary/aromatic N) is 4. The van der Waals surface area contributed by atoms with Crippen LogP contribution in [0.3, 0.4) is 0 Å². The van der Waals surface area contributed by atoms with Crippen molar-refractivity contribution in [1.82, 2.24) is 19.9 Å². The summed E-state index contributed by atoms with van der Waals surface area (Å²) in [7, 11) is -3.52. The summed E-state index contributed by atoms with van der Waals surface area (Å²) < 4.78 is 29.8. The fraction of sp³-hybridized carbons (Fsp3) is 0.500. The molecule has 0 spiro atoms. The molecule has 3 rings (SSSR count). The number of likely N-dealkylation sites (N-methyl/N-ethyl adjacent to an activating group) is 1. The molecule has 8 nitrogen and oxygen atoms in total. The Morgan fingerprint density at radius 1 is 1.15 bits per heavy atom. The first-order valence-corrected chi connectivity index (χ1v) is 10.7. The number of piperazine rings is 1. The quantitative estimate of drug-likeness (QED) is 0.697. The topological polar surface area (TPSA) is 96.6 Å². The van der Waals surface area contributed by atoms with Crippen LogP contribution in [0.4, 0.5) is 0 Å². The van der Waals surface area contributed by atoms with Crippen molar-refractivity contribution in [2.24, 2.45) is 0 Å². The Morgan fingerprint density at radius 2 is 1.85 bits per heavy atom. The fourth-order valence-electron chi connectivity index (χ4n) is 3.02. The molecular weight excluding hydrogens is 368 g/mol. The molecule has 0 N–H and O–H groups in total. The predicted octanol–water partition coefficient (Wildman–Crippen LogP) is 1.14. The van der Waals surface area contributed by atoms with Crippen molar-refractivity contribution in [2.45, 2.75) is 30.4 Å². The molecule has 146 valence electrons. The minimum atomic E-state index is -3.52. The zero-order valence-electron chi connectivity index (χ0n) is 15.4. The summed E-state index contributed by atoms with van der Waals surface area (Å²) in [5, 5.41) is 3.74. The van der Waals surface area contributed by atoms with E-state index in [9.17, 15) is 13.2 Å². The lowest BCUT2D eigenvalue weighted by atomic mass is 10.2. The third-order valence-corrected chi connectivity index (χ3v) is 6.29. The molecule has 0 radical (unpaired) electrons. The van der Waals surface area contributed by atoms with Crippen LogP contribution < -0.4 is 0 Å². The number of aryl methyl sites for hydroxylation is 1. The van der Waals surface area contributed by atoms with E-state index in [2.05, 4.69) is 22.0 Å². The lowest BCUT2D eigenvalue weighted by molar-refractivity contribution is -0.133. The van der Waals surface area contributed by atoms with Gasteiger partial charge in [-0.3, -0.25) is 4.79 Å². The maximum atomic E-state index is 12.3. The maximum absolute atomic E-state index is 12.3. The molecule has 1 aliphatic rings. The number of hydrogen-bond donors (Lipinski definition) is 0. The van der Waals surface area contributed by atoms with Gasteiger partial charge in [0.05, 0.1) is 4.90 Å². The van der Waals surface area contributed by atoms with E-state index in [4.69, 9.17) is 4.52 Å². The fourth-order valence-corrected chi connectivity index (χ4v) is 4.21. The van der Waals surface area contributed by atoms with Crippen LogP contribution in [0, 0.1) is 0 Å². The summed E-state index contributed by atoms with van der Waals surface area (Å²) in [6.45, 7) is 6.37. The van der Waals surface area contributed by atoms with Crippen LogP contribution in [0.15, 0.2) is 39.8 Å². The van der Waals surface area contributed by atoms with Crippen LogP contribution in [-0.4, -0.2) is 67.0 Å². The van der Waals surface area contributed by atoms with Crippen LogP contribution in [0.1, 0.15) is 25.1 Å². The van der Waals surface area contributed by atoms with E-state index in [1.807, 2.05) is 4.90 Å². The Labute approximate surface area is 159 Å². The number of benzene rings is 1. The van der Waals surface area contributed by atoms with Crippen LogP contribution in [-0.2, 0) is 26.8 Å². The molecule has 1 fully saturated rings. The summed E-state index contributed by atoms with van der Waals surface area (Å²) in [6.07, 6.45) is 0.588. The monoisotopic (exact) mass is 392 g/mol. The second-order valence-corrected chi connectivity index (χ2v) is 8.48. The zero-order chi connectivity index (χ0) is 19.3. The van der Waals surface area contributed by atoms with E-state index < -0.39 is 9.84 Å². The van der Waals surface area contributed by atoms with Gasteiger partial charge in [0, 0.05) is 39.0 Å². The number of carbonyl (C=O) groups excluding carboxylic acids is 1. The van der Waals surface area contributed by atoms with Crippen LogP contribution in [0.2, 0.25) is 0 Å². The molecule has 9 heteroatoms. The highest BCUT2D eigenvalue weighted by Crippen LogP contribution is 2.15. The molecule has 1 aromatic carbocycles. The summed E-state index contributed by atoms with van der Waals surface area (Å²) in [6, 6.07) is 8.16. The van der Waals surface area contributed by atoms with Gasteiger partial charge in [0.25, 0.3) is 0 Å². The molecule has 2 heterocycles. The van der Waals surface area contributed by atoms with Crippen molar-refractivity contribution in [1.29, 1.82) is 0 Å². The summed E-state index contributed by atoms with van der Waals surface area (Å²) >= 11 is 0. The van der Waals surface area contributed by atoms with Gasteiger partial charge in [-0.2, -0.15) is 4.98 Å². The first-order valence-electron chi connectivity index (χ1n) is 9.07. The number of amides is 1. The van der Waals surface area contributed by atoms with Crippen LogP contribution in [0.25, 0.3) is 0 Å². The first-order chi connectivity index (χ1) is 13.0. The number of aromatic nitrogens is 2. The summed E-state index contributed by atoms with van der Waals surface area (Å²) in [4.78, 5) is 20.8. The van der Waals surface area contributed by atoms with Gasteiger partial charge in [0.15, 0.2) is 15.7 Å². The van der Waals surface area contributed by atoms with Gasteiger partial charge in [-0.15, -0.1) is 0 Å². The van der Waals surface area contributed by atoms with E-state index in [-0.39, 0.29) is 34.7 Å². The normalized spacial score (nSPS) is 15.8. The Balaban J connectivity index is 1.52. The second kappa shape index (κ2) is 8.62. The van der Waals surface area contributed by atoms with Gasteiger partial charge in [0.1, 0.15) is 5.75 Å². The highest BCUT2D eigenvalue weighted by Gasteiger charge is 2.22. The second-order valence-electron chi connectivity index (χ2n) is 6.49. The third-order valence-electron chi connectivity index (χ3n) is 4.66. The summed E-state index contributed by atoms with van der Waals surface area (Å²) in [5.41, 5.74) is 0. The van der Waals surface area contributed by atoms with E-state index >= 15 is 0 Å². The van der Waals surface area contributed by atoms with Gasteiger partial charge >= 0.3 is 0 Å². The minimum Gasteiger partial charge on any atom is -0.340 e. The molecule has 27 heavy (non-hydrogen) atoms. The number of sulfone groups is 1. The summed E-state index contributed by atoms with van der Waals surface area (Å²) in [5.74, 6) is 0.127. The first kappa shape index (κ1) is 19.5. The van der Waals surface area contributed by atoms with Gasteiger partial charge in [-0.1, -0.05) is 30.3 Å². The number of rotatable bonds is 7. The molecular formula is C18H24N4O4S. The molecule has 2 aromatic rings. The highest BCUT2D eigenvalue weighted by molar-refractivity contribution is 7.90. The minimum absolute atomic E-state index is 0.0578. The average molecular weight is 392 g/mol. The molecule has 0 saturated carbocycles. The molecule has 1 aromatic heterocycles. The molecule has 1 saturated heterocycles. The third kappa shape index (κ3) is 5.14. The Bertz CT molecular complexity index is 858. The van der Waals surface area contributed by atoms with Crippen molar-refractivity contribution in [3.05, 3.63) is 42.0 Å². The molecule has 0 unspecified atom stereocenters. The highest BCUT2D eigenvalue weighted by atomic mass is 32.2. The van der Waals surface area contributed by atoms with Crippen LogP contribution >= 0.6 is 0 Å². The molecule has 0 atom stereocenters. The predicted molar refractivity (Wildman–Crippen MR) is 98.6 cm³/mol.